The molecular formula is C26H15ClF5N3O. The number of fused-ring (bicyclic) bond motifs is 1. The van der Waals surface area contributed by atoms with E-state index in [1.165, 1.54) is 13.0 Å². The molecular weight excluding hydrogens is 501 g/mol. The maximum atomic E-state index is 14.3. The lowest BCUT2D eigenvalue weighted by Gasteiger charge is -2.15. The first-order valence-electron chi connectivity index (χ1n) is 10.6. The molecule has 4 aromatic rings. The molecule has 1 amide bonds. The average Bonchev–Trinajstić information content (AvgIpc) is 3.35. The Morgan fingerprint density at radius 2 is 1.50 bits per heavy atom. The highest BCUT2D eigenvalue weighted by Gasteiger charge is 2.37. The second-order valence-corrected chi connectivity index (χ2v) is 8.57. The van der Waals surface area contributed by atoms with Gasteiger partial charge in [0.15, 0.2) is 23.3 Å². The summed E-state index contributed by atoms with van der Waals surface area (Å²) >= 11 is 5.97. The SMILES string of the molecule is CC1=NN(c2c(F)c(F)c(F)c(F)c2F)C(=O)/C1=C\c1cn(Cc2ccc(Cl)cc2)c2ccccc12. The highest BCUT2D eigenvalue weighted by Crippen LogP contribution is 2.34. The van der Waals surface area contributed by atoms with E-state index in [1.807, 2.05) is 41.0 Å². The minimum absolute atomic E-state index is 0.0478. The number of benzene rings is 3. The molecule has 36 heavy (non-hydrogen) atoms. The van der Waals surface area contributed by atoms with Crippen LogP contribution in [0.25, 0.3) is 17.0 Å². The van der Waals surface area contributed by atoms with Gasteiger partial charge in [-0.2, -0.15) is 10.1 Å². The maximum Gasteiger partial charge on any atom is 0.280 e. The predicted octanol–water partition coefficient (Wildman–Crippen LogP) is 6.84. The van der Waals surface area contributed by atoms with Crippen molar-refractivity contribution in [1.82, 2.24) is 4.57 Å². The lowest BCUT2D eigenvalue weighted by atomic mass is 10.1. The Hall–Kier alpha value is -3.98. The molecule has 0 bridgehead atoms. The van der Waals surface area contributed by atoms with Crippen LogP contribution in [-0.4, -0.2) is 16.2 Å². The van der Waals surface area contributed by atoms with Gasteiger partial charge in [-0.25, -0.2) is 22.0 Å². The van der Waals surface area contributed by atoms with Crippen molar-refractivity contribution in [3.63, 3.8) is 0 Å². The minimum atomic E-state index is -2.31. The van der Waals surface area contributed by atoms with Crippen LogP contribution >= 0.6 is 11.6 Å². The van der Waals surface area contributed by atoms with Crippen LogP contribution in [0.4, 0.5) is 27.6 Å². The quantitative estimate of drug-likeness (QED) is 0.127. The van der Waals surface area contributed by atoms with E-state index in [0.717, 1.165) is 16.5 Å². The Balaban J connectivity index is 1.57. The van der Waals surface area contributed by atoms with Crippen molar-refractivity contribution in [1.29, 1.82) is 0 Å². The zero-order chi connectivity index (χ0) is 25.7. The molecule has 2 heterocycles. The van der Waals surface area contributed by atoms with E-state index in [2.05, 4.69) is 5.10 Å². The second-order valence-electron chi connectivity index (χ2n) is 8.13. The molecule has 0 spiro atoms. The molecule has 1 aliphatic heterocycles. The molecule has 1 aliphatic rings. The summed E-state index contributed by atoms with van der Waals surface area (Å²) in [5.41, 5.74) is 1.02. The Morgan fingerprint density at radius 3 is 2.17 bits per heavy atom. The summed E-state index contributed by atoms with van der Waals surface area (Å²) in [5.74, 6) is -11.9. The van der Waals surface area contributed by atoms with Crippen molar-refractivity contribution < 1.29 is 26.7 Å². The summed E-state index contributed by atoms with van der Waals surface area (Å²) in [6.45, 7) is 1.90. The maximum absolute atomic E-state index is 14.3. The Labute approximate surface area is 206 Å². The van der Waals surface area contributed by atoms with Crippen LogP contribution in [0.1, 0.15) is 18.1 Å². The number of aromatic nitrogens is 1. The molecule has 0 atom stereocenters. The second kappa shape index (κ2) is 8.91. The molecule has 0 radical (unpaired) electrons. The van der Waals surface area contributed by atoms with E-state index in [0.29, 0.717) is 17.1 Å². The number of para-hydroxylation sites is 1. The first-order valence-corrected chi connectivity index (χ1v) is 11.0. The van der Waals surface area contributed by atoms with E-state index in [-0.39, 0.29) is 16.3 Å². The largest absolute Gasteiger partial charge is 0.342 e. The molecule has 0 aliphatic carbocycles. The number of rotatable bonds is 4. The van der Waals surface area contributed by atoms with E-state index < -0.39 is 40.7 Å². The van der Waals surface area contributed by atoms with Crippen LogP contribution in [0.15, 0.2) is 65.4 Å². The number of anilines is 1. The number of carbonyl (C=O) groups is 1. The van der Waals surface area contributed by atoms with E-state index >= 15 is 0 Å². The standard InChI is InChI=1S/C26H15ClF5N3O/c1-13-18(26(36)35(33-13)25-23(31)21(29)20(28)22(30)24(25)32)10-15-12-34(19-5-3-2-4-17(15)19)11-14-6-8-16(27)9-7-14/h2-10,12H,11H2,1H3/b18-10-. The number of hydrogen-bond acceptors (Lipinski definition) is 2. The number of hydrogen-bond donors (Lipinski definition) is 0. The number of carbonyl (C=O) groups excluding carboxylic acids is 1. The van der Waals surface area contributed by atoms with Gasteiger partial charge in [0.2, 0.25) is 5.82 Å². The van der Waals surface area contributed by atoms with Gasteiger partial charge in [0.1, 0.15) is 5.69 Å². The van der Waals surface area contributed by atoms with Crippen LogP contribution < -0.4 is 5.01 Å². The fourth-order valence-corrected chi connectivity index (χ4v) is 4.20. The summed E-state index contributed by atoms with van der Waals surface area (Å²) in [7, 11) is 0. The number of nitrogens with zero attached hydrogens (tertiary/aromatic N) is 3. The van der Waals surface area contributed by atoms with Gasteiger partial charge in [-0.15, -0.1) is 0 Å². The minimum Gasteiger partial charge on any atom is -0.342 e. The van der Waals surface area contributed by atoms with Crippen molar-refractivity contribution in [3.05, 3.63) is 106 Å². The molecule has 0 fully saturated rings. The van der Waals surface area contributed by atoms with Crippen molar-refractivity contribution >= 4 is 45.9 Å². The Morgan fingerprint density at radius 1 is 0.889 bits per heavy atom. The third kappa shape index (κ3) is 3.85. The van der Waals surface area contributed by atoms with Gasteiger partial charge in [-0.05, 0) is 36.8 Å². The normalized spacial score (nSPS) is 14.9. The number of hydrazone groups is 1. The third-order valence-corrected chi connectivity index (χ3v) is 6.10. The predicted molar refractivity (Wildman–Crippen MR) is 127 cm³/mol. The molecule has 0 unspecified atom stereocenters. The van der Waals surface area contributed by atoms with Gasteiger partial charge in [0.05, 0.1) is 11.3 Å². The van der Waals surface area contributed by atoms with Crippen molar-refractivity contribution in [2.24, 2.45) is 5.10 Å². The molecule has 4 nitrogen and oxygen atoms in total. The highest BCUT2D eigenvalue weighted by atomic mass is 35.5. The summed E-state index contributed by atoms with van der Waals surface area (Å²) in [5, 5.41) is 5.38. The lowest BCUT2D eigenvalue weighted by Crippen LogP contribution is -2.25. The molecule has 1 aromatic heterocycles. The molecule has 0 saturated heterocycles. The number of amides is 1. The summed E-state index contributed by atoms with van der Waals surface area (Å²) in [4.78, 5) is 13.1. The molecule has 3 aromatic carbocycles. The fraction of sp³-hybridized carbons (Fsp3) is 0.0769. The number of halogens is 6. The van der Waals surface area contributed by atoms with Gasteiger partial charge in [-0.3, -0.25) is 4.79 Å². The van der Waals surface area contributed by atoms with Gasteiger partial charge in [-0.1, -0.05) is 41.9 Å². The first-order chi connectivity index (χ1) is 17.2. The molecule has 0 N–H and O–H groups in total. The highest BCUT2D eigenvalue weighted by molar-refractivity contribution is 6.32. The lowest BCUT2D eigenvalue weighted by molar-refractivity contribution is -0.114. The third-order valence-electron chi connectivity index (χ3n) is 5.85. The first kappa shape index (κ1) is 23.7. The zero-order valence-corrected chi connectivity index (χ0v) is 19.3. The van der Waals surface area contributed by atoms with Crippen LogP contribution in [-0.2, 0) is 11.3 Å². The van der Waals surface area contributed by atoms with Crippen molar-refractivity contribution in [3.8, 4) is 0 Å². The van der Waals surface area contributed by atoms with Crippen molar-refractivity contribution in [2.45, 2.75) is 13.5 Å². The fourth-order valence-electron chi connectivity index (χ4n) is 4.08. The van der Waals surface area contributed by atoms with E-state index in [4.69, 9.17) is 11.6 Å². The smallest absolute Gasteiger partial charge is 0.280 e. The van der Waals surface area contributed by atoms with Crippen LogP contribution in [0, 0.1) is 29.1 Å². The van der Waals surface area contributed by atoms with Gasteiger partial charge in [0, 0.05) is 34.2 Å². The molecule has 5 rings (SSSR count). The van der Waals surface area contributed by atoms with Gasteiger partial charge in [0.25, 0.3) is 5.91 Å². The topological polar surface area (TPSA) is 37.6 Å². The summed E-state index contributed by atoms with van der Waals surface area (Å²) < 4.78 is 71.6. The van der Waals surface area contributed by atoms with E-state index in [9.17, 15) is 26.7 Å². The van der Waals surface area contributed by atoms with E-state index in [1.54, 1.807) is 18.3 Å². The summed E-state index contributed by atoms with van der Waals surface area (Å²) in [6.07, 6.45) is 3.28. The van der Waals surface area contributed by atoms with Gasteiger partial charge >= 0.3 is 0 Å². The molecule has 182 valence electrons. The average molecular weight is 516 g/mol. The van der Waals surface area contributed by atoms with Crippen LogP contribution in [0.2, 0.25) is 5.02 Å². The molecule has 10 heteroatoms. The van der Waals surface area contributed by atoms with Gasteiger partial charge < -0.3 is 4.57 Å². The van der Waals surface area contributed by atoms with Crippen LogP contribution in [0.5, 0.6) is 0 Å². The Kier molecular flexibility index (Phi) is 5.88. The monoisotopic (exact) mass is 515 g/mol. The van der Waals surface area contributed by atoms with Crippen LogP contribution in [0.3, 0.4) is 0 Å². The molecule has 0 saturated carbocycles. The summed E-state index contributed by atoms with van der Waals surface area (Å²) in [6, 6.07) is 14.7. The zero-order valence-electron chi connectivity index (χ0n) is 18.5. The van der Waals surface area contributed by atoms with Crippen molar-refractivity contribution in [2.75, 3.05) is 5.01 Å². The Bertz CT molecular complexity index is 1580.